The monoisotopic (exact) mass is 440 g/mol. The third kappa shape index (κ3) is 6.59. The van der Waals surface area contributed by atoms with E-state index in [1.807, 2.05) is 0 Å². The average molecular weight is 440 g/mol. The summed E-state index contributed by atoms with van der Waals surface area (Å²) in [5.74, 6) is -5.24. The number of phenols is 5. The lowest BCUT2D eigenvalue weighted by Crippen LogP contribution is -2.13. The Morgan fingerprint density at radius 2 is 1.10 bits per heavy atom. The van der Waals surface area contributed by atoms with Gasteiger partial charge in [0, 0.05) is 0 Å². The largest absolute Gasteiger partial charge is 0.504 e. The number of aromatic hydroxyl groups is 5. The molecule has 2 rings (SSSR count). The minimum absolute atomic E-state index is 0.0207. The fourth-order valence-electron chi connectivity index (χ4n) is 1.97. The molecular weight excluding hydrogens is 420 g/mol. The van der Waals surface area contributed by atoms with Crippen molar-refractivity contribution in [3.05, 3.63) is 35.4 Å². The first-order chi connectivity index (χ1) is 14.5. The number of phenolic OH excluding ortho intramolecular Hbond substituents is 5. The molecule has 0 aromatic heterocycles. The molecule has 2 aromatic rings. The van der Waals surface area contributed by atoms with Crippen molar-refractivity contribution in [3.63, 3.8) is 0 Å². The maximum Gasteiger partial charge on any atom is 0.343 e. The Morgan fingerprint density at radius 1 is 0.677 bits per heavy atom. The van der Waals surface area contributed by atoms with Crippen LogP contribution in [0.15, 0.2) is 24.3 Å². The van der Waals surface area contributed by atoms with Gasteiger partial charge in [-0.05, 0) is 24.3 Å². The molecule has 0 amide bonds. The summed E-state index contributed by atoms with van der Waals surface area (Å²) in [7, 11) is 3.51. The second-order valence-electron chi connectivity index (χ2n) is 5.55. The zero-order chi connectivity index (χ0) is 23.7. The molecule has 0 atom stereocenters. The number of methoxy groups -OCH3 is 3. The molecule has 168 valence electrons. The van der Waals surface area contributed by atoms with E-state index in [0.717, 1.165) is 24.3 Å². The van der Waals surface area contributed by atoms with Crippen LogP contribution in [0.1, 0.15) is 20.7 Å². The fourth-order valence-corrected chi connectivity index (χ4v) is 1.97. The molecule has 12 nitrogen and oxygen atoms in total. The minimum atomic E-state index is -0.715. The molecule has 2 aromatic carbocycles. The van der Waals surface area contributed by atoms with E-state index in [2.05, 4.69) is 14.2 Å². The topological polar surface area (TPSA) is 189 Å². The van der Waals surface area contributed by atoms with Gasteiger partial charge in [-0.3, -0.25) is 0 Å². The van der Waals surface area contributed by atoms with Gasteiger partial charge in [0.2, 0.25) is 5.75 Å². The third-order valence-electron chi connectivity index (χ3n) is 3.54. The Balaban J connectivity index is 0.000000327. The van der Waals surface area contributed by atoms with E-state index < -0.39 is 53.3 Å². The lowest BCUT2D eigenvalue weighted by molar-refractivity contribution is -0.142. The molecule has 0 heterocycles. The van der Waals surface area contributed by atoms with Gasteiger partial charge in [0.15, 0.2) is 35.4 Å². The zero-order valence-corrected chi connectivity index (χ0v) is 16.6. The molecule has 0 aliphatic heterocycles. The predicted molar refractivity (Wildman–Crippen MR) is 101 cm³/mol. The number of ether oxygens (including phenoxy) is 4. The van der Waals surface area contributed by atoms with Crippen molar-refractivity contribution < 1.29 is 58.9 Å². The highest BCUT2D eigenvalue weighted by Crippen LogP contribution is 2.37. The maximum atomic E-state index is 11.3. The molecule has 0 radical (unpaired) electrons. The van der Waals surface area contributed by atoms with Crippen molar-refractivity contribution in [2.45, 2.75) is 0 Å². The molecule has 0 aliphatic rings. The van der Waals surface area contributed by atoms with Gasteiger partial charge in [-0.25, -0.2) is 14.4 Å². The van der Waals surface area contributed by atoms with E-state index in [4.69, 9.17) is 20.1 Å². The van der Waals surface area contributed by atoms with Gasteiger partial charge in [-0.15, -0.1) is 0 Å². The number of esters is 3. The summed E-state index contributed by atoms with van der Waals surface area (Å²) >= 11 is 0. The van der Waals surface area contributed by atoms with Crippen LogP contribution in [0.4, 0.5) is 0 Å². The van der Waals surface area contributed by atoms with Crippen LogP contribution in [-0.4, -0.2) is 71.4 Å². The number of rotatable bonds is 5. The number of carbonyl (C=O) groups is 3. The summed E-state index contributed by atoms with van der Waals surface area (Å²) in [5.41, 5.74) is -0.0528. The molecule has 5 N–H and O–H groups in total. The Hall–Kier alpha value is -4.35. The molecule has 0 fully saturated rings. The van der Waals surface area contributed by atoms with Crippen LogP contribution in [-0.2, 0) is 19.0 Å². The number of benzene rings is 2. The molecule has 0 unspecified atom stereocenters. The van der Waals surface area contributed by atoms with Crippen LogP contribution < -0.4 is 4.74 Å². The molecule has 12 heteroatoms. The Morgan fingerprint density at radius 3 is 1.52 bits per heavy atom. The molecule has 31 heavy (non-hydrogen) atoms. The van der Waals surface area contributed by atoms with Crippen molar-refractivity contribution in [2.24, 2.45) is 0 Å². The summed E-state index contributed by atoms with van der Waals surface area (Å²) in [6, 6.07) is 4.16. The smallest absolute Gasteiger partial charge is 0.343 e. The highest BCUT2D eigenvalue weighted by atomic mass is 16.6. The fraction of sp³-hybridized carbons (Fsp3) is 0.211. The lowest BCUT2D eigenvalue weighted by atomic mass is 10.2. The van der Waals surface area contributed by atoms with Crippen LogP contribution in [0.3, 0.4) is 0 Å². The van der Waals surface area contributed by atoms with Crippen molar-refractivity contribution in [1.29, 1.82) is 0 Å². The van der Waals surface area contributed by atoms with E-state index >= 15 is 0 Å². The van der Waals surface area contributed by atoms with Gasteiger partial charge in [0.25, 0.3) is 0 Å². The summed E-state index contributed by atoms with van der Waals surface area (Å²) in [5, 5.41) is 45.8. The second kappa shape index (κ2) is 11.0. The molecule has 0 aliphatic carbocycles. The van der Waals surface area contributed by atoms with E-state index in [1.165, 1.54) is 21.3 Å². The summed E-state index contributed by atoms with van der Waals surface area (Å²) in [4.78, 5) is 33.0. The number of hydrogen-bond acceptors (Lipinski definition) is 12. The first kappa shape index (κ1) is 24.7. The van der Waals surface area contributed by atoms with Gasteiger partial charge in [0.1, 0.15) is 0 Å². The van der Waals surface area contributed by atoms with Gasteiger partial charge in [0.05, 0.1) is 32.5 Å². The number of carbonyl (C=O) groups excluding carboxylic acids is 3. The highest BCUT2D eigenvalue weighted by molar-refractivity contribution is 5.91. The molecule has 0 saturated carbocycles. The van der Waals surface area contributed by atoms with E-state index in [9.17, 15) is 24.6 Å². The van der Waals surface area contributed by atoms with Crippen LogP contribution in [0.5, 0.6) is 34.5 Å². The first-order valence-electron chi connectivity index (χ1n) is 8.22. The molecule has 0 bridgehead atoms. The minimum Gasteiger partial charge on any atom is -0.504 e. The first-order valence-corrected chi connectivity index (χ1v) is 8.22. The Labute approximate surface area is 175 Å². The Kier molecular flexibility index (Phi) is 8.76. The summed E-state index contributed by atoms with van der Waals surface area (Å²) in [6.07, 6.45) is 0. The lowest BCUT2D eigenvalue weighted by Gasteiger charge is -2.09. The summed E-state index contributed by atoms with van der Waals surface area (Å²) < 4.78 is 18.1. The quantitative estimate of drug-likeness (QED) is 0.252. The zero-order valence-electron chi connectivity index (χ0n) is 16.6. The maximum absolute atomic E-state index is 11.3. The number of hydrogen-bond donors (Lipinski definition) is 5. The normalized spacial score (nSPS) is 9.65. The molecule has 0 spiro atoms. The second-order valence-corrected chi connectivity index (χ2v) is 5.55. The van der Waals surface area contributed by atoms with E-state index in [0.29, 0.717) is 0 Å². The van der Waals surface area contributed by atoms with Gasteiger partial charge in [-0.1, -0.05) is 0 Å². The summed E-state index contributed by atoms with van der Waals surface area (Å²) in [6.45, 7) is -0.464. The van der Waals surface area contributed by atoms with Crippen molar-refractivity contribution in [3.8, 4) is 34.5 Å². The standard InChI is InChI=1S/C11H12O7.C8H8O5/c1-16-9(13)5-18-8-4-6(11(15)17-2)3-7(12)10(8)14;1-13-8(12)4-2-5(9)7(11)6(10)3-4/h3-4,12,14H,5H2,1-2H3;2-3,9-11H,1H3. The van der Waals surface area contributed by atoms with Crippen LogP contribution in [0, 0.1) is 0 Å². The van der Waals surface area contributed by atoms with Crippen molar-refractivity contribution >= 4 is 17.9 Å². The van der Waals surface area contributed by atoms with Gasteiger partial charge < -0.3 is 44.5 Å². The Bertz CT molecular complexity index is 944. The molecular formula is C19H20O12. The molecule has 0 saturated heterocycles. The van der Waals surface area contributed by atoms with Gasteiger partial charge >= 0.3 is 17.9 Å². The van der Waals surface area contributed by atoms with Crippen LogP contribution >= 0.6 is 0 Å². The van der Waals surface area contributed by atoms with Crippen molar-refractivity contribution in [2.75, 3.05) is 27.9 Å². The third-order valence-corrected chi connectivity index (χ3v) is 3.54. The van der Waals surface area contributed by atoms with Gasteiger partial charge in [-0.2, -0.15) is 0 Å². The van der Waals surface area contributed by atoms with Crippen molar-refractivity contribution in [1.82, 2.24) is 0 Å². The van der Waals surface area contributed by atoms with E-state index in [1.54, 1.807) is 0 Å². The predicted octanol–water partition coefficient (Wildman–Crippen LogP) is 1.03. The van der Waals surface area contributed by atoms with Crippen LogP contribution in [0.25, 0.3) is 0 Å². The highest BCUT2D eigenvalue weighted by Gasteiger charge is 2.16. The average Bonchev–Trinajstić information content (AvgIpc) is 2.76. The van der Waals surface area contributed by atoms with E-state index in [-0.39, 0.29) is 16.9 Å². The van der Waals surface area contributed by atoms with Crippen LogP contribution in [0.2, 0.25) is 0 Å². The SMILES string of the molecule is COC(=O)COc1cc(C(=O)OC)cc(O)c1O.COC(=O)c1cc(O)c(O)c(O)c1.